The lowest BCUT2D eigenvalue weighted by molar-refractivity contribution is -0.384. The molecule has 1 saturated heterocycles. The Balaban J connectivity index is 1.84. The molecule has 0 spiro atoms. The van der Waals surface area contributed by atoms with E-state index in [1.54, 1.807) is 0 Å². The molecular weight excluding hydrogens is 278 g/mol. The molecule has 0 aromatic heterocycles. The number of benzene rings is 1. The maximum atomic E-state index is 11.3. The van der Waals surface area contributed by atoms with E-state index < -0.39 is 4.92 Å². The quantitative estimate of drug-likeness (QED) is 0.644. The number of nitrogens with one attached hydrogen (secondary N) is 2. The van der Waals surface area contributed by atoms with Gasteiger partial charge in [0.2, 0.25) is 0 Å². The van der Waals surface area contributed by atoms with E-state index >= 15 is 0 Å². The highest BCUT2D eigenvalue weighted by molar-refractivity contribution is 5.96. The molecule has 3 rings (SSSR count). The summed E-state index contributed by atoms with van der Waals surface area (Å²) in [7, 11) is 0. The number of hydrogen-bond acceptors (Lipinski definition) is 6. The van der Waals surface area contributed by atoms with Gasteiger partial charge in [-0.1, -0.05) is 0 Å². The predicted octanol–water partition coefficient (Wildman–Crippen LogP) is 1.52. The summed E-state index contributed by atoms with van der Waals surface area (Å²) in [5, 5.41) is 16.8. The Kier molecular flexibility index (Phi) is 3.61. The van der Waals surface area contributed by atoms with Crippen LogP contribution < -0.4 is 15.4 Å². The van der Waals surface area contributed by atoms with Crippen LogP contribution in [0.4, 0.5) is 17.1 Å². The zero-order chi connectivity index (χ0) is 14.8. The Labute approximate surface area is 120 Å². The summed E-state index contributed by atoms with van der Waals surface area (Å²) in [4.78, 5) is 22.0. The van der Waals surface area contributed by atoms with Crippen LogP contribution in [0.25, 0.3) is 0 Å². The third kappa shape index (κ3) is 2.89. The van der Waals surface area contributed by atoms with Gasteiger partial charge in [-0.25, -0.2) is 0 Å². The van der Waals surface area contributed by atoms with Crippen LogP contribution in [-0.4, -0.2) is 36.7 Å². The topological polar surface area (TPSA) is 103 Å². The van der Waals surface area contributed by atoms with E-state index in [9.17, 15) is 14.9 Å². The van der Waals surface area contributed by atoms with Crippen LogP contribution in [0.2, 0.25) is 0 Å². The number of nitro groups is 1. The molecule has 0 bridgehead atoms. The minimum Gasteiger partial charge on any atom is -0.481 e. The van der Waals surface area contributed by atoms with Gasteiger partial charge in [-0.2, -0.15) is 0 Å². The molecule has 0 radical (unpaired) electrons. The van der Waals surface area contributed by atoms with Gasteiger partial charge in [0.15, 0.2) is 12.4 Å². The van der Waals surface area contributed by atoms with Crippen molar-refractivity contribution in [2.75, 3.05) is 30.4 Å². The molecular formula is C13H15N3O5. The molecule has 2 N–H and O–H groups in total. The first kappa shape index (κ1) is 13.6. The summed E-state index contributed by atoms with van der Waals surface area (Å²) in [6.07, 6.45) is 2.00. The van der Waals surface area contributed by atoms with Gasteiger partial charge >= 0.3 is 0 Å². The summed E-state index contributed by atoms with van der Waals surface area (Å²) in [5.74, 6) is 0.0328. The standard InChI is InChI=1S/C13H15N3O5/c17-13-7-21-12-5-11(16(18)19)9(4-10(12)15-13)14-6-8-2-1-3-20-8/h4-5,8,14H,1-3,6-7H2,(H,15,17). The van der Waals surface area contributed by atoms with Gasteiger partial charge in [-0.15, -0.1) is 0 Å². The molecule has 1 unspecified atom stereocenters. The fourth-order valence-corrected chi connectivity index (χ4v) is 2.44. The number of carbonyl (C=O) groups excluding carboxylic acids is 1. The van der Waals surface area contributed by atoms with E-state index in [-0.39, 0.29) is 24.3 Å². The summed E-state index contributed by atoms with van der Waals surface area (Å²) >= 11 is 0. The van der Waals surface area contributed by atoms with Crippen LogP contribution >= 0.6 is 0 Å². The Hall–Kier alpha value is -2.35. The van der Waals surface area contributed by atoms with Crippen molar-refractivity contribution >= 4 is 23.0 Å². The molecule has 8 heteroatoms. The largest absolute Gasteiger partial charge is 0.481 e. The Bertz CT molecular complexity index is 583. The first-order valence-corrected chi connectivity index (χ1v) is 6.74. The molecule has 8 nitrogen and oxygen atoms in total. The molecule has 1 amide bonds. The molecule has 2 aliphatic heterocycles. The maximum absolute atomic E-state index is 11.3. The van der Waals surface area contributed by atoms with Crippen molar-refractivity contribution < 1.29 is 19.2 Å². The fraction of sp³-hybridized carbons (Fsp3) is 0.462. The number of ether oxygens (including phenoxy) is 2. The van der Waals surface area contributed by atoms with Gasteiger partial charge in [-0.05, 0) is 18.9 Å². The number of hydrogen-bond donors (Lipinski definition) is 2. The van der Waals surface area contributed by atoms with Gasteiger partial charge in [-0.3, -0.25) is 14.9 Å². The van der Waals surface area contributed by atoms with E-state index in [4.69, 9.17) is 9.47 Å². The van der Waals surface area contributed by atoms with Gasteiger partial charge < -0.3 is 20.1 Å². The average molecular weight is 293 g/mol. The second-order valence-corrected chi connectivity index (χ2v) is 4.98. The number of anilines is 2. The number of nitrogens with zero attached hydrogens (tertiary/aromatic N) is 1. The van der Waals surface area contributed by atoms with E-state index in [0.717, 1.165) is 19.4 Å². The van der Waals surface area contributed by atoms with Crippen LogP contribution in [0.1, 0.15) is 12.8 Å². The molecule has 0 saturated carbocycles. The molecule has 0 aliphatic carbocycles. The number of rotatable bonds is 4. The Morgan fingerprint density at radius 3 is 3.05 bits per heavy atom. The third-order valence-corrected chi connectivity index (χ3v) is 3.47. The number of carbonyl (C=O) groups is 1. The van der Waals surface area contributed by atoms with E-state index in [1.165, 1.54) is 12.1 Å². The van der Waals surface area contributed by atoms with Crippen LogP contribution in [0, 0.1) is 10.1 Å². The van der Waals surface area contributed by atoms with Crippen molar-refractivity contribution in [3.8, 4) is 5.75 Å². The Morgan fingerprint density at radius 1 is 1.48 bits per heavy atom. The van der Waals surface area contributed by atoms with Gasteiger partial charge in [0.25, 0.3) is 11.6 Å². The zero-order valence-corrected chi connectivity index (χ0v) is 11.3. The van der Waals surface area contributed by atoms with Crippen molar-refractivity contribution in [3.05, 3.63) is 22.2 Å². The number of nitro benzene ring substituents is 1. The number of amides is 1. The third-order valence-electron chi connectivity index (χ3n) is 3.47. The maximum Gasteiger partial charge on any atom is 0.296 e. The van der Waals surface area contributed by atoms with Crippen molar-refractivity contribution in [2.24, 2.45) is 0 Å². The van der Waals surface area contributed by atoms with Crippen molar-refractivity contribution in [1.82, 2.24) is 0 Å². The monoisotopic (exact) mass is 293 g/mol. The van der Waals surface area contributed by atoms with Gasteiger partial charge in [0.1, 0.15) is 5.69 Å². The minimum atomic E-state index is -0.474. The van der Waals surface area contributed by atoms with E-state index in [1.807, 2.05) is 0 Å². The molecule has 1 fully saturated rings. The highest BCUT2D eigenvalue weighted by Gasteiger charge is 2.24. The lowest BCUT2D eigenvalue weighted by Gasteiger charge is -2.19. The first-order valence-electron chi connectivity index (χ1n) is 6.74. The van der Waals surface area contributed by atoms with Crippen LogP contribution in [0.3, 0.4) is 0 Å². The molecule has 2 aliphatic rings. The normalized spacial score (nSPS) is 20.4. The van der Waals surface area contributed by atoms with Crippen LogP contribution in [0.15, 0.2) is 12.1 Å². The summed E-state index contributed by atoms with van der Waals surface area (Å²) in [6.45, 7) is 1.09. The van der Waals surface area contributed by atoms with Crippen LogP contribution in [-0.2, 0) is 9.53 Å². The average Bonchev–Trinajstić information content (AvgIpc) is 2.97. The van der Waals surface area contributed by atoms with Crippen molar-refractivity contribution in [2.45, 2.75) is 18.9 Å². The van der Waals surface area contributed by atoms with E-state index in [0.29, 0.717) is 23.7 Å². The predicted molar refractivity (Wildman–Crippen MR) is 74.7 cm³/mol. The van der Waals surface area contributed by atoms with Gasteiger partial charge in [0.05, 0.1) is 22.8 Å². The lowest BCUT2D eigenvalue weighted by Crippen LogP contribution is -2.26. The fourth-order valence-electron chi connectivity index (χ4n) is 2.44. The molecule has 21 heavy (non-hydrogen) atoms. The summed E-state index contributed by atoms with van der Waals surface area (Å²) in [5.41, 5.74) is 0.703. The molecule has 2 heterocycles. The summed E-state index contributed by atoms with van der Waals surface area (Å²) in [6, 6.07) is 2.85. The minimum absolute atomic E-state index is 0.0616. The lowest BCUT2D eigenvalue weighted by atomic mass is 10.2. The van der Waals surface area contributed by atoms with E-state index in [2.05, 4.69) is 10.6 Å². The highest BCUT2D eigenvalue weighted by Crippen LogP contribution is 2.37. The SMILES string of the molecule is O=C1COc2cc([N+](=O)[O-])c(NCC3CCCO3)cc2N1. The number of fused-ring (bicyclic) bond motifs is 1. The smallest absolute Gasteiger partial charge is 0.296 e. The zero-order valence-electron chi connectivity index (χ0n) is 11.3. The van der Waals surface area contributed by atoms with Crippen molar-refractivity contribution in [3.63, 3.8) is 0 Å². The first-order chi connectivity index (χ1) is 10.1. The molecule has 1 aromatic rings. The second-order valence-electron chi connectivity index (χ2n) is 4.98. The Morgan fingerprint density at radius 2 is 2.33 bits per heavy atom. The second kappa shape index (κ2) is 5.57. The van der Waals surface area contributed by atoms with Gasteiger partial charge in [0, 0.05) is 13.2 Å². The van der Waals surface area contributed by atoms with Crippen molar-refractivity contribution in [1.29, 1.82) is 0 Å². The molecule has 112 valence electrons. The molecule has 1 aromatic carbocycles. The highest BCUT2D eigenvalue weighted by atomic mass is 16.6. The molecule has 1 atom stereocenters. The summed E-state index contributed by atoms with van der Waals surface area (Å²) < 4.78 is 10.7. The van der Waals surface area contributed by atoms with Crippen LogP contribution in [0.5, 0.6) is 5.75 Å².